The molecule has 5 nitrogen and oxygen atoms in total. The number of morpholine rings is 1. The molecule has 2 heterocycles. The highest BCUT2D eigenvalue weighted by atomic mass is 32.1. The van der Waals surface area contributed by atoms with Crippen LogP contribution in [-0.4, -0.2) is 54.4 Å². The molecule has 0 atom stereocenters. The monoisotopic (exact) mass is 348 g/mol. The minimum atomic E-state index is 0.653. The van der Waals surface area contributed by atoms with Crippen molar-refractivity contribution < 1.29 is 4.74 Å². The number of hydrogen-bond acceptors (Lipinski definition) is 5. The van der Waals surface area contributed by atoms with Gasteiger partial charge in [-0.1, -0.05) is 0 Å². The summed E-state index contributed by atoms with van der Waals surface area (Å²) >= 11 is 6.98. The molecule has 1 saturated heterocycles. The second-order valence-corrected chi connectivity index (χ2v) is 6.55. The third-order valence-electron chi connectivity index (χ3n) is 3.64. The van der Waals surface area contributed by atoms with Crippen LogP contribution >= 0.6 is 23.6 Å². The van der Waals surface area contributed by atoms with Gasteiger partial charge in [-0.15, -0.1) is 11.3 Å². The third kappa shape index (κ3) is 4.97. The second kappa shape index (κ2) is 8.35. The van der Waals surface area contributed by atoms with E-state index >= 15 is 0 Å². The average Bonchev–Trinajstić information content (AvgIpc) is 3.11. The van der Waals surface area contributed by atoms with Crippen LogP contribution in [0.1, 0.15) is 0 Å². The maximum absolute atomic E-state index is 5.34. The lowest BCUT2D eigenvalue weighted by Crippen LogP contribution is -2.42. The van der Waals surface area contributed by atoms with Crippen molar-refractivity contribution in [3.8, 4) is 10.6 Å². The van der Waals surface area contributed by atoms with Crippen LogP contribution in [0.25, 0.3) is 10.6 Å². The Morgan fingerprint density at radius 2 is 2.04 bits per heavy atom. The van der Waals surface area contributed by atoms with E-state index in [1.165, 1.54) is 0 Å². The van der Waals surface area contributed by atoms with Gasteiger partial charge in [-0.3, -0.25) is 4.90 Å². The summed E-state index contributed by atoms with van der Waals surface area (Å²) in [4.78, 5) is 6.69. The van der Waals surface area contributed by atoms with Gasteiger partial charge < -0.3 is 15.4 Å². The molecule has 1 aromatic heterocycles. The Kier molecular flexibility index (Phi) is 5.93. The maximum Gasteiger partial charge on any atom is 0.170 e. The maximum atomic E-state index is 5.34. The van der Waals surface area contributed by atoms with Crippen molar-refractivity contribution in [2.45, 2.75) is 0 Å². The van der Waals surface area contributed by atoms with E-state index in [1.807, 2.05) is 23.7 Å². The summed E-state index contributed by atoms with van der Waals surface area (Å²) in [7, 11) is 0. The van der Waals surface area contributed by atoms with E-state index in [4.69, 9.17) is 17.0 Å². The molecule has 0 unspecified atom stereocenters. The van der Waals surface area contributed by atoms with E-state index in [2.05, 4.69) is 32.7 Å². The topological polar surface area (TPSA) is 49.4 Å². The smallest absolute Gasteiger partial charge is 0.170 e. The molecule has 2 aromatic rings. The first kappa shape index (κ1) is 16.3. The SMILES string of the molecule is S=C(NCCN1CCOCC1)Nc1ccc(-c2nccs2)cc1. The molecule has 1 fully saturated rings. The normalized spacial score (nSPS) is 15.3. The Hall–Kier alpha value is -1.54. The van der Waals surface area contributed by atoms with Gasteiger partial charge >= 0.3 is 0 Å². The summed E-state index contributed by atoms with van der Waals surface area (Å²) in [6, 6.07) is 8.15. The van der Waals surface area contributed by atoms with Crippen molar-refractivity contribution in [2.75, 3.05) is 44.7 Å². The molecule has 1 aliphatic heterocycles. The number of benzene rings is 1. The van der Waals surface area contributed by atoms with Gasteiger partial charge in [-0.2, -0.15) is 0 Å². The minimum absolute atomic E-state index is 0.653. The van der Waals surface area contributed by atoms with Gasteiger partial charge in [-0.25, -0.2) is 4.98 Å². The van der Waals surface area contributed by atoms with E-state index in [-0.39, 0.29) is 0 Å². The van der Waals surface area contributed by atoms with Gasteiger partial charge in [0.05, 0.1) is 13.2 Å². The van der Waals surface area contributed by atoms with Gasteiger partial charge in [0.1, 0.15) is 5.01 Å². The molecular weight excluding hydrogens is 328 g/mol. The first-order valence-electron chi connectivity index (χ1n) is 7.66. The van der Waals surface area contributed by atoms with Crippen molar-refractivity contribution in [3.05, 3.63) is 35.8 Å². The molecule has 0 amide bonds. The fraction of sp³-hybridized carbons (Fsp3) is 0.375. The molecular formula is C16H20N4OS2. The number of nitrogens with one attached hydrogen (secondary N) is 2. The summed E-state index contributed by atoms with van der Waals surface area (Å²) in [6.45, 7) is 5.47. The number of rotatable bonds is 5. The molecule has 0 saturated carbocycles. The summed E-state index contributed by atoms with van der Waals surface area (Å²) in [5.41, 5.74) is 2.10. The quantitative estimate of drug-likeness (QED) is 0.810. The number of ether oxygens (including phenoxy) is 1. The fourth-order valence-electron chi connectivity index (χ4n) is 2.39. The number of nitrogens with zero attached hydrogens (tertiary/aromatic N) is 2. The third-order valence-corrected chi connectivity index (χ3v) is 4.71. The molecule has 2 N–H and O–H groups in total. The predicted octanol–water partition coefficient (Wildman–Crippen LogP) is 2.43. The lowest BCUT2D eigenvalue weighted by molar-refractivity contribution is 0.0389. The molecule has 0 aliphatic carbocycles. The van der Waals surface area contributed by atoms with E-state index in [1.54, 1.807) is 11.3 Å². The Morgan fingerprint density at radius 1 is 1.26 bits per heavy atom. The molecule has 0 radical (unpaired) electrons. The number of thiazole rings is 1. The summed E-state index contributed by atoms with van der Waals surface area (Å²) in [5.74, 6) is 0. The van der Waals surface area contributed by atoms with Crippen LogP contribution in [-0.2, 0) is 4.74 Å². The molecule has 0 spiro atoms. The lowest BCUT2D eigenvalue weighted by atomic mass is 10.2. The van der Waals surface area contributed by atoms with E-state index in [9.17, 15) is 0 Å². The second-order valence-electron chi connectivity index (χ2n) is 5.25. The van der Waals surface area contributed by atoms with Crippen molar-refractivity contribution in [3.63, 3.8) is 0 Å². The molecule has 1 aliphatic rings. The van der Waals surface area contributed by atoms with Crippen molar-refractivity contribution >= 4 is 34.4 Å². The zero-order valence-electron chi connectivity index (χ0n) is 12.8. The Morgan fingerprint density at radius 3 is 2.74 bits per heavy atom. The van der Waals surface area contributed by atoms with Gasteiger partial charge in [0.15, 0.2) is 5.11 Å². The van der Waals surface area contributed by atoms with E-state index in [0.29, 0.717) is 5.11 Å². The Balaban J connectivity index is 1.42. The molecule has 0 bridgehead atoms. The van der Waals surface area contributed by atoms with E-state index in [0.717, 1.165) is 55.7 Å². The first-order chi connectivity index (χ1) is 11.3. The molecule has 122 valence electrons. The van der Waals surface area contributed by atoms with Crippen LogP contribution in [0.4, 0.5) is 5.69 Å². The van der Waals surface area contributed by atoms with Crippen LogP contribution in [0.5, 0.6) is 0 Å². The molecule has 3 rings (SSSR count). The highest BCUT2D eigenvalue weighted by molar-refractivity contribution is 7.80. The average molecular weight is 348 g/mol. The van der Waals surface area contributed by atoms with Crippen LogP contribution < -0.4 is 10.6 Å². The predicted molar refractivity (Wildman–Crippen MR) is 99.0 cm³/mol. The lowest BCUT2D eigenvalue weighted by Gasteiger charge is -2.26. The van der Waals surface area contributed by atoms with Crippen LogP contribution in [0.2, 0.25) is 0 Å². The Labute approximate surface area is 145 Å². The molecule has 1 aromatic carbocycles. The van der Waals surface area contributed by atoms with Crippen LogP contribution in [0.3, 0.4) is 0 Å². The number of anilines is 1. The number of aromatic nitrogens is 1. The van der Waals surface area contributed by atoms with Gasteiger partial charge in [-0.05, 0) is 36.5 Å². The minimum Gasteiger partial charge on any atom is -0.379 e. The first-order valence-corrected chi connectivity index (χ1v) is 8.95. The van der Waals surface area contributed by atoms with Gasteiger partial charge in [0, 0.05) is 49.0 Å². The van der Waals surface area contributed by atoms with Gasteiger partial charge in [0.25, 0.3) is 0 Å². The molecule has 7 heteroatoms. The number of thiocarbonyl (C=S) groups is 1. The van der Waals surface area contributed by atoms with Gasteiger partial charge in [0.2, 0.25) is 0 Å². The Bertz CT molecular complexity index is 610. The fourth-order valence-corrected chi connectivity index (χ4v) is 3.25. The standard InChI is InChI=1S/C16H20N4OS2/c22-16(18-5-7-20-8-10-21-11-9-20)19-14-3-1-13(2-4-14)15-17-6-12-23-15/h1-4,6,12H,5,7-11H2,(H2,18,19,22). The van der Waals surface area contributed by atoms with E-state index < -0.39 is 0 Å². The number of hydrogen-bond donors (Lipinski definition) is 2. The molecule has 23 heavy (non-hydrogen) atoms. The van der Waals surface area contributed by atoms with Crippen LogP contribution in [0, 0.1) is 0 Å². The summed E-state index contributed by atoms with van der Waals surface area (Å²) < 4.78 is 5.34. The zero-order chi connectivity index (χ0) is 15.9. The summed E-state index contributed by atoms with van der Waals surface area (Å²) in [5, 5.41) is 10.1. The van der Waals surface area contributed by atoms with Crippen molar-refractivity contribution in [2.24, 2.45) is 0 Å². The highest BCUT2D eigenvalue weighted by Gasteiger charge is 2.09. The largest absolute Gasteiger partial charge is 0.379 e. The zero-order valence-corrected chi connectivity index (χ0v) is 14.5. The van der Waals surface area contributed by atoms with Crippen molar-refractivity contribution in [1.82, 2.24) is 15.2 Å². The summed E-state index contributed by atoms with van der Waals surface area (Å²) in [6.07, 6.45) is 1.82. The highest BCUT2D eigenvalue weighted by Crippen LogP contribution is 2.23. The van der Waals surface area contributed by atoms with Crippen molar-refractivity contribution in [1.29, 1.82) is 0 Å². The van der Waals surface area contributed by atoms with Crippen LogP contribution in [0.15, 0.2) is 35.8 Å².